The van der Waals surface area contributed by atoms with Gasteiger partial charge < -0.3 is 9.64 Å². The molecule has 1 aromatic rings. The van der Waals surface area contributed by atoms with E-state index in [0.29, 0.717) is 0 Å². The number of nitrogens with one attached hydrogen (secondary N) is 1. The quantitative estimate of drug-likeness (QED) is 0.668. The highest BCUT2D eigenvalue weighted by molar-refractivity contribution is 5.81. The number of amides is 1. The zero-order valence-electron chi connectivity index (χ0n) is 13.5. The SMILES string of the molecule is CCN(CC)c1ccc(C=NNC(=O)OC(C)(C)C)cc1. The van der Waals surface area contributed by atoms with Crippen molar-refractivity contribution in [2.24, 2.45) is 5.10 Å². The summed E-state index contributed by atoms with van der Waals surface area (Å²) in [5, 5.41) is 3.88. The van der Waals surface area contributed by atoms with E-state index in [0.717, 1.165) is 18.7 Å². The second kappa shape index (κ2) is 7.67. The van der Waals surface area contributed by atoms with E-state index in [2.05, 4.69) is 29.3 Å². The third-order valence-electron chi connectivity index (χ3n) is 2.79. The molecule has 0 aliphatic carbocycles. The fraction of sp³-hybridized carbons (Fsp3) is 0.500. The monoisotopic (exact) mass is 291 g/mol. The molecule has 0 atom stereocenters. The van der Waals surface area contributed by atoms with Gasteiger partial charge in [0, 0.05) is 18.8 Å². The van der Waals surface area contributed by atoms with Gasteiger partial charge in [-0.1, -0.05) is 12.1 Å². The number of rotatable bonds is 5. The summed E-state index contributed by atoms with van der Waals surface area (Å²) in [6.45, 7) is 11.6. The summed E-state index contributed by atoms with van der Waals surface area (Å²) in [5.74, 6) is 0. The lowest BCUT2D eigenvalue weighted by Gasteiger charge is -2.20. The summed E-state index contributed by atoms with van der Waals surface area (Å²) in [5.41, 5.74) is 3.92. The first-order valence-corrected chi connectivity index (χ1v) is 7.22. The Bertz CT molecular complexity index is 471. The maximum Gasteiger partial charge on any atom is 0.428 e. The smallest absolute Gasteiger partial charge is 0.428 e. The van der Waals surface area contributed by atoms with Gasteiger partial charge in [-0.25, -0.2) is 10.2 Å². The maximum absolute atomic E-state index is 11.4. The van der Waals surface area contributed by atoms with Crippen molar-refractivity contribution in [3.05, 3.63) is 29.8 Å². The van der Waals surface area contributed by atoms with Crippen molar-refractivity contribution in [3.63, 3.8) is 0 Å². The predicted molar refractivity (Wildman–Crippen MR) is 87.0 cm³/mol. The van der Waals surface area contributed by atoms with Gasteiger partial charge in [0.15, 0.2) is 0 Å². The molecule has 0 aromatic heterocycles. The van der Waals surface area contributed by atoms with Crippen LogP contribution >= 0.6 is 0 Å². The van der Waals surface area contributed by atoms with Gasteiger partial charge in [-0.3, -0.25) is 0 Å². The molecule has 1 aromatic carbocycles. The number of carbonyl (C=O) groups excluding carboxylic acids is 1. The summed E-state index contributed by atoms with van der Waals surface area (Å²) >= 11 is 0. The number of anilines is 1. The van der Waals surface area contributed by atoms with Crippen molar-refractivity contribution >= 4 is 18.0 Å². The summed E-state index contributed by atoms with van der Waals surface area (Å²) in [4.78, 5) is 13.7. The molecule has 0 unspecified atom stereocenters. The van der Waals surface area contributed by atoms with Crippen LogP contribution in [0.1, 0.15) is 40.2 Å². The van der Waals surface area contributed by atoms with Crippen molar-refractivity contribution < 1.29 is 9.53 Å². The number of hydrazone groups is 1. The Morgan fingerprint density at radius 1 is 1.24 bits per heavy atom. The number of ether oxygens (including phenoxy) is 1. The number of benzene rings is 1. The standard InChI is InChI=1S/C16H25N3O2/c1-6-19(7-2)14-10-8-13(9-11-14)12-17-18-15(20)21-16(3,4)5/h8-12H,6-7H2,1-5H3,(H,18,20). The first-order chi connectivity index (χ1) is 9.85. The van der Waals surface area contributed by atoms with Crippen molar-refractivity contribution in [1.82, 2.24) is 5.43 Å². The van der Waals surface area contributed by atoms with Crippen LogP contribution in [0.15, 0.2) is 29.4 Å². The molecule has 0 heterocycles. The summed E-state index contributed by atoms with van der Waals surface area (Å²) < 4.78 is 5.08. The van der Waals surface area contributed by atoms with Gasteiger partial charge >= 0.3 is 6.09 Å². The molecule has 0 aliphatic rings. The Labute approximate surface area is 127 Å². The third-order valence-corrected chi connectivity index (χ3v) is 2.79. The Morgan fingerprint density at radius 2 is 1.81 bits per heavy atom. The number of hydrogen-bond donors (Lipinski definition) is 1. The van der Waals surface area contributed by atoms with Crippen LogP contribution in [-0.2, 0) is 4.74 Å². The fourth-order valence-corrected chi connectivity index (χ4v) is 1.82. The molecular weight excluding hydrogens is 266 g/mol. The summed E-state index contributed by atoms with van der Waals surface area (Å²) in [7, 11) is 0. The van der Waals surface area contributed by atoms with Gasteiger partial charge in [-0.2, -0.15) is 5.10 Å². The molecule has 0 aliphatic heterocycles. The first kappa shape index (κ1) is 17.0. The number of nitrogens with zero attached hydrogens (tertiary/aromatic N) is 2. The van der Waals surface area contributed by atoms with Gasteiger partial charge in [0.25, 0.3) is 0 Å². The van der Waals surface area contributed by atoms with Gasteiger partial charge in [-0.15, -0.1) is 0 Å². The molecule has 0 saturated carbocycles. The lowest BCUT2D eigenvalue weighted by atomic mass is 10.2. The van der Waals surface area contributed by atoms with Crippen LogP contribution in [0.4, 0.5) is 10.5 Å². The van der Waals surface area contributed by atoms with Crippen LogP contribution in [0.5, 0.6) is 0 Å². The van der Waals surface area contributed by atoms with E-state index in [9.17, 15) is 4.79 Å². The van der Waals surface area contributed by atoms with E-state index < -0.39 is 11.7 Å². The first-order valence-electron chi connectivity index (χ1n) is 7.22. The molecule has 0 radical (unpaired) electrons. The van der Waals surface area contributed by atoms with Crippen molar-refractivity contribution in [3.8, 4) is 0 Å². The van der Waals surface area contributed by atoms with E-state index in [1.165, 1.54) is 5.69 Å². The van der Waals surface area contributed by atoms with Gasteiger partial charge in [0.2, 0.25) is 0 Å². The molecule has 0 fully saturated rings. The van der Waals surface area contributed by atoms with Crippen LogP contribution < -0.4 is 10.3 Å². The van der Waals surface area contributed by atoms with Crippen LogP contribution in [0.3, 0.4) is 0 Å². The van der Waals surface area contributed by atoms with E-state index in [1.807, 2.05) is 45.0 Å². The molecule has 0 spiro atoms. The Hall–Kier alpha value is -2.04. The number of carbonyl (C=O) groups is 1. The molecule has 5 nitrogen and oxygen atoms in total. The molecule has 1 amide bonds. The molecular formula is C16H25N3O2. The minimum absolute atomic E-state index is 0.523. The molecule has 116 valence electrons. The highest BCUT2D eigenvalue weighted by atomic mass is 16.6. The Kier molecular flexibility index (Phi) is 6.21. The van der Waals surface area contributed by atoms with E-state index in [1.54, 1.807) is 6.21 Å². The van der Waals surface area contributed by atoms with Crippen molar-refractivity contribution in [2.45, 2.75) is 40.2 Å². The maximum atomic E-state index is 11.4. The molecule has 21 heavy (non-hydrogen) atoms. The Balaban J connectivity index is 2.56. The minimum atomic E-state index is -0.557. The van der Waals surface area contributed by atoms with E-state index >= 15 is 0 Å². The average molecular weight is 291 g/mol. The zero-order chi connectivity index (χ0) is 15.9. The van der Waals surface area contributed by atoms with E-state index in [4.69, 9.17) is 4.74 Å². The zero-order valence-corrected chi connectivity index (χ0v) is 13.5. The molecule has 0 saturated heterocycles. The minimum Gasteiger partial charge on any atom is -0.443 e. The van der Waals surface area contributed by atoms with Gasteiger partial charge in [-0.05, 0) is 52.3 Å². The normalized spacial score (nSPS) is 11.5. The second-order valence-corrected chi connectivity index (χ2v) is 5.64. The topological polar surface area (TPSA) is 53.9 Å². The van der Waals surface area contributed by atoms with Crippen molar-refractivity contribution in [1.29, 1.82) is 0 Å². The lowest BCUT2D eigenvalue weighted by molar-refractivity contribution is 0.0529. The average Bonchev–Trinajstić information content (AvgIpc) is 2.40. The second-order valence-electron chi connectivity index (χ2n) is 5.64. The molecule has 1 rings (SSSR count). The fourth-order valence-electron chi connectivity index (χ4n) is 1.82. The highest BCUT2D eigenvalue weighted by Crippen LogP contribution is 2.14. The summed E-state index contributed by atoms with van der Waals surface area (Å²) in [6.07, 6.45) is 1.04. The van der Waals surface area contributed by atoms with Crippen LogP contribution in [0, 0.1) is 0 Å². The third kappa shape index (κ3) is 6.29. The molecule has 0 bridgehead atoms. The van der Waals surface area contributed by atoms with Crippen molar-refractivity contribution in [2.75, 3.05) is 18.0 Å². The molecule has 5 heteroatoms. The largest absolute Gasteiger partial charge is 0.443 e. The number of hydrogen-bond acceptors (Lipinski definition) is 4. The van der Waals surface area contributed by atoms with Gasteiger partial charge in [0.05, 0.1) is 6.21 Å². The lowest BCUT2D eigenvalue weighted by Crippen LogP contribution is -2.29. The van der Waals surface area contributed by atoms with Crippen LogP contribution in [0.2, 0.25) is 0 Å². The van der Waals surface area contributed by atoms with Crippen LogP contribution in [0.25, 0.3) is 0 Å². The highest BCUT2D eigenvalue weighted by Gasteiger charge is 2.15. The Morgan fingerprint density at radius 3 is 2.29 bits per heavy atom. The van der Waals surface area contributed by atoms with E-state index in [-0.39, 0.29) is 0 Å². The predicted octanol–water partition coefficient (Wildman–Crippen LogP) is 3.39. The van der Waals surface area contributed by atoms with Gasteiger partial charge in [0.1, 0.15) is 5.60 Å². The molecule has 1 N–H and O–H groups in total. The van der Waals surface area contributed by atoms with Crippen LogP contribution in [-0.4, -0.2) is 31.0 Å². The summed E-state index contributed by atoms with van der Waals surface area (Å²) in [6, 6.07) is 8.02.